The number of sulfonamides is 1. The van der Waals surface area contributed by atoms with Crippen LogP contribution in [0.1, 0.15) is 24.5 Å². The zero-order valence-electron chi connectivity index (χ0n) is 19.2. The lowest BCUT2D eigenvalue weighted by atomic mass is 10.1. The third-order valence-electron chi connectivity index (χ3n) is 6.56. The molecule has 0 aromatic heterocycles. The molecule has 2 aliphatic rings. The Hall–Kier alpha value is -3.02. The second-order valence-corrected chi connectivity index (χ2v) is 10.5. The van der Waals surface area contributed by atoms with E-state index < -0.39 is 21.0 Å². The molecule has 0 spiro atoms. The van der Waals surface area contributed by atoms with Gasteiger partial charge in [-0.25, -0.2) is 8.42 Å². The highest BCUT2D eigenvalue weighted by molar-refractivity contribution is 7.89. The molecule has 0 bridgehead atoms. The van der Waals surface area contributed by atoms with Crippen LogP contribution in [0, 0.1) is 10.1 Å². The molecule has 1 saturated heterocycles. The number of non-ortho nitro benzene ring substituents is 1. The molecule has 1 atom stereocenters. The first-order valence-corrected chi connectivity index (χ1v) is 12.6. The highest BCUT2D eigenvalue weighted by Crippen LogP contribution is 2.30. The second-order valence-electron chi connectivity index (χ2n) is 8.53. The van der Waals surface area contributed by atoms with Gasteiger partial charge in [0, 0.05) is 38.3 Å². The van der Waals surface area contributed by atoms with E-state index in [-0.39, 0.29) is 30.4 Å². The van der Waals surface area contributed by atoms with Crippen LogP contribution in [-0.2, 0) is 27.7 Å². The van der Waals surface area contributed by atoms with E-state index in [0.29, 0.717) is 23.7 Å². The van der Waals surface area contributed by atoms with Crippen molar-refractivity contribution < 1.29 is 22.9 Å². The lowest BCUT2D eigenvalue weighted by molar-refractivity contribution is -0.384. The monoisotopic (exact) mass is 488 g/mol. The molecule has 1 heterocycles. The number of methoxy groups -OCH3 is 1. The topological polar surface area (TPSA) is 122 Å². The summed E-state index contributed by atoms with van der Waals surface area (Å²) in [6.07, 6.45) is 2.96. The highest BCUT2D eigenvalue weighted by atomic mass is 32.2. The molecule has 10 nitrogen and oxygen atoms in total. The number of benzene rings is 2. The smallest absolute Gasteiger partial charge is 0.271 e. The van der Waals surface area contributed by atoms with Crippen molar-refractivity contribution in [3.8, 4) is 5.75 Å². The van der Waals surface area contributed by atoms with Gasteiger partial charge in [-0.15, -0.1) is 0 Å². The van der Waals surface area contributed by atoms with Gasteiger partial charge in [0.05, 0.1) is 28.7 Å². The number of rotatable bonds is 7. The minimum Gasteiger partial charge on any atom is -0.495 e. The maximum absolute atomic E-state index is 13.2. The van der Waals surface area contributed by atoms with Crippen molar-refractivity contribution >= 4 is 27.3 Å². The number of aryl methyl sites for hydroxylation is 2. The lowest BCUT2D eigenvalue weighted by Crippen LogP contribution is -2.53. The van der Waals surface area contributed by atoms with Crippen molar-refractivity contribution in [3.63, 3.8) is 0 Å². The molecule has 2 aromatic carbocycles. The fourth-order valence-corrected chi connectivity index (χ4v) is 5.97. The number of anilines is 1. The van der Waals surface area contributed by atoms with Crippen molar-refractivity contribution in [1.82, 2.24) is 9.21 Å². The molecule has 11 heteroatoms. The van der Waals surface area contributed by atoms with Crippen LogP contribution < -0.4 is 10.1 Å². The third-order valence-corrected chi connectivity index (χ3v) is 8.45. The summed E-state index contributed by atoms with van der Waals surface area (Å²) in [6, 6.07) is 8.83. The van der Waals surface area contributed by atoms with E-state index >= 15 is 0 Å². The number of carbonyl (C=O) groups is 1. The van der Waals surface area contributed by atoms with Crippen LogP contribution in [0.5, 0.6) is 5.75 Å². The molecule has 0 radical (unpaired) electrons. The number of piperazine rings is 1. The molecule has 0 unspecified atom stereocenters. The second kappa shape index (κ2) is 9.69. The molecule has 1 aliphatic carbocycles. The fourth-order valence-electron chi connectivity index (χ4n) is 4.50. The highest BCUT2D eigenvalue weighted by Gasteiger charge is 2.32. The number of ether oxygens (including phenoxy) is 1. The maximum atomic E-state index is 13.2. The summed E-state index contributed by atoms with van der Waals surface area (Å²) in [4.78, 5) is 25.6. The van der Waals surface area contributed by atoms with Crippen LogP contribution in [-0.4, -0.2) is 67.8 Å². The van der Waals surface area contributed by atoms with Gasteiger partial charge in [0.15, 0.2) is 0 Å². The molecule has 1 fully saturated rings. The minimum absolute atomic E-state index is 0.158. The number of amides is 1. The SMILES string of the molecule is COc1ccc([N+](=O)[O-])cc1NC(=O)[C@@H](C)N1CCN(S(=O)(=O)c2ccc3c(c2)CCC3)CC1. The number of nitrogens with zero attached hydrogens (tertiary/aromatic N) is 3. The van der Waals surface area contributed by atoms with Gasteiger partial charge >= 0.3 is 0 Å². The van der Waals surface area contributed by atoms with Crippen LogP contribution in [0.25, 0.3) is 0 Å². The standard InChI is InChI=1S/C23H28N4O6S/c1-16(23(28)24-21-15-19(27(29)30)7-9-22(21)33-2)25-10-12-26(13-11-25)34(31,32)20-8-6-17-4-3-5-18(17)14-20/h6-9,14-16H,3-5,10-13H2,1-2H3,(H,24,28)/t16-/m1/s1. The average Bonchev–Trinajstić information content (AvgIpc) is 3.31. The van der Waals surface area contributed by atoms with Crippen molar-refractivity contribution in [2.75, 3.05) is 38.6 Å². The predicted molar refractivity (Wildman–Crippen MR) is 127 cm³/mol. The van der Waals surface area contributed by atoms with Gasteiger partial charge in [0.1, 0.15) is 5.75 Å². The summed E-state index contributed by atoms with van der Waals surface area (Å²) in [7, 11) is -2.18. The molecule has 182 valence electrons. The molecule has 1 aliphatic heterocycles. The van der Waals surface area contributed by atoms with Crippen LogP contribution in [0.4, 0.5) is 11.4 Å². The van der Waals surface area contributed by atoms with Gasteiger partial charge in [-0.1, -0.05) is 6.07 Å². The number of nitrogens with one attached hydrogen (secondary N) is 1. The molecule has 34 heavy (non-hydrogen) atoms. The normalized spacial score (nSPS) is 17.7. The van der Waals surface area contributed by atoms with Crippen molar-refractivity contribution in [3.05, 3.63) is 57.6 Å². The third kappa shape index (κ3) is 4.77. The minimum atomic E-state index is -3.60. The van der Waals surface area contributed by atoms with E-state index in [1.165, 1.54) is 35.2 Å². The number of carbonyl (C=O) groups excluding carboxylic acids is 1. The van der Waals surface area contributed by atoms with Crippen molar-refractivity contribution in [1.29, 1.82) is 0 Å². The largest absolute Gasteiger partial charge is 0.495 e. The molecular formula is C23H28N4O6S. The van der Waals surface area contributed by atoms with Gasteiger partial charge in [0.2, 0.25) is 15.9 Å². The van der Waals surface area contributed by atoms with Crippen LogP contribution in [0.2, 0.25) is 0 Å². The van der Waals surface area contributed by atoms with Gasteiger partial charge in [-0.05, 0) is 55.5 Å². The van der Waals surface area contributed by atoms with Crippen molar-refractivity contribution in [2.24, 2.45) is 0 Å². The van der Waals surface area contributed by atoms with E-state index in [4.69, 9.17) is 4.74 Å². The van der Waals surface area contributed by atoms with Gasteiger partial charge in [0.25, 0.3) is 5.69 Å². The molecule has 2 aromatic rings. The average molecular weight is 489 g/mol. The molecule has 4 rings (SSSR count). The first kappa shape index (κ1) is 24.1. The van der Waals surface area contributed by atoms with E-state index in [9.17, 15) is 23.3 Å². The zero-order valence-corrected chi connectivity index (χ0v) is 20.0. The predicted octanol–water partition coefficient (Wildman–Crippen LogP) is 2.43. The molecule has 0 saturated carbocycles. The number of nitro groups is 1. The fraction of sp³-hybridized carbons (Fsp3) is 0.435. The number of nitro benzene ring substituents is 1. The lowest BCUT2D eigenvalue weighted by Gasteiger charge is -2.36. The summed E-state index contributed by atoms with van der Waals surface area (Å²) in [5.74, 6) is -0.0369. The van der Waals surface area contributed by atoms with Crippen molar-refractivity contribution in [2.45, 2.75) is 37.1 Å². The Morgan fingerprint density at radius 2 is 1.79 bits per heavy atom. The Morgan fingerprint density at radius 1 is 1.09 bits per heavy atom. The summed E-state index contributed by atoms with van der Waals surface area (Å²) in [6.45, 7) is 3.06. The van der Waals surface area contributed by atoms with Gasteiger partial charge < -0.3 is 10.1 Å². The summed E-state index contributed by atoms with van der Waals surface area (Å²) in [5, 5.41) is 13.8. The molecule has 1 N–H and O–H groups in total. The number of fused-ring (bicyclic) bond motifs is 1. The van der Waals surface area contributed by atoms with Gasteiger partial charge in [-0.2, -0.15) is 4.31 Å². The summed E-state index contributed by atoms with van der Waals surface area (Å²) >= 11 is 0. The summed E-state index contributed by atoms with van der Waals surface area (Å²) < 4.78 is 33.0. The first-order valence-electron chi connectivity index (χ1n) is 11.2. The quantitative estimate of drug-likeness (QED) is 0.469. The van der Waals surface area contributed by atoms with E-state index in [2.05, 4.69) is 5.32 Å². The number of hydrogen-bond acceptors (Lipinski definition) is 7. The van der Waals surface area contributed by atoms with Crippen LogP contribution >= 0.6 is 0 Å². The zero-order chi connectivity index (χ0) is 24.5. The van der Waals surface area contributed by atoms with E-state index in [0.717, 1.165) is 24.8 Å². The van der Waals surface area contributed by atoms with Crippen LogP contribution in [0.3, 0.4) is 0 Å². The Balaban J connectivity index is 1.40. The summed E-state index contributed by atoms with van der Waals surface area (Å²) in [5.41, 5.74) is 2.39. The number of hydrogen-bond donors (Lipinski definition) is 1. The Labute approximate surface area is 198 Å². The van der Waals surface area contributed by atoms with E-state index in [1.807, 2.05) is 11.0 Å². The Morgan fingerprint density at radius 3 is 2.47 bits per heavy atom. The molecule has 1 amide bonds. The van der Waals surface area contributed by atoms with Crippen LogP contribution in [0.15, 0.2) is 41.3 Å². The Kier molecular flexibility index (Phi) is 6.87. The van der Waals surface area contributed by atoms with Gasteiger partial charge in [-0.3, -0.25) is 19.8 Å². The Bertz CT molecular complexity index is 1210. The molecular weight excluding hydrogens is 460 g/mol. The van der Waals surface area contributed by atoms with E-state index in [1.54, 1.807) is 19.1 Å². The first-order chi connectivity index (χ1) is 16.2. The maximum Gasteiger partial charge on any atom is 0.271 e.